The standard InChI is InChI=1S/C19H16ClFN4O2/c20-11-5-6-14-15(7-11)24-17(23-14)9-18(26)22-12-8-19(27)25(10-12)16-4-2-1-3-13(16)21/h1-7,12H,8-10H2,(H,22,26)(H,23,24). The Hall–Kier alpha value is -2.93. The normalized spacial score (nSPS) is 16.9. The number of carbonyl (C=O) groups excluding carboxylic acids is 2. The van der Waals surface area contributed by atoms with Crippen LogP contribution in [0.3, 0.4) is 0 Å². The molecule has 1 saturated heterocycles. The molecule has 2 aromatic carbocycles. The van der Waals surface area contributed by atoms with Crippen LogP contribution in [0.15, 0.2) is 42.5 Å². The fourth-order valence-corrected chi connectivity index (χ4v) is 3.43. The average Bonchev–Trinajstić information content (AvgIpc) is 3.17. The predicted octanol–water partition coefficient (Wildman–Crippen LogP) is 2.82. The molecule has 0 aliphatic carbocycles. The summed E-state index contributed by atoms with van der Waals surface area (Å²) in [5, 5.41) is 3.41. The lowest BCUT2D eigenvalue weighted by atomic mass is 10.2. The number of amides is 2. The third-order valence-electron chi connectivity index (χ3n) is 4.45. The van der Waals surface area contributed by atoms with Gasteiger partial charge in [0.25, 0.3) is 0 Å². The van der Waals surface area contributed by atoms with Crippen LogP contribution in [0, 0.1) is 5.82 Å². The molecule has 2 amide bonds. The molecule has 8 heteroatoms. The monoisotopic (exact) mass is 386 g/mol. The highest BCUT2D eigenvalue weighted by atomic mass is 35.5. The zero-order valence-corrected chi connectivity index (χ0v) is 15.0. The van der Waals surface area contributed by atoms with E-state index in [1.807, 2.05) is 0 Å². The van der Waals surface area contributed by atoms with Crippen LogP contribution in [0.4, 0.5) is 10.1 Å². The van der Waals surface area contributed by atoms with Crippen molar-refractivity contribution in [1.82, 2.24) is 15.3 Å². The first-order chi connectivity index (χ1) is 13.0. The van der Waals surface area contributed by atoms with Crippen LogP contribution < -0.4 is 10.2 Å². The fraction of sp³-hybridized carbons (Fsp3) is 0.211. The Bertz CT molecular complexity index is 1040. The number of nitrogens with one attached hydrogen (secondary N) is 2. The Morgan fingerprint density at radius 1 is 1.33 bits per heavy atom. The van der Waals surface area contributed by atoms with Crippen LogP contribution in [0.1, 0.15) is 12.2 Å². The van der Waals surface area contributed by atoms with Gasteiger partial charge in [-0.05, 0) is 30.3 Å². The maximum Gasteiger partial charge on any atom is 0.229 e. The molecule has 3 aromatic rings. The van der Waals surface area contributed by atoms with Crippen molar-refractivity contribution in [3.8, 4) is 0 Å². The Balaban J connectivity index is 1.41. The van der Waals surface area contributed by atoms with Gasteiger partial charge in [0.2, 0.25) is 11.8 Å². The third-order valence-corrected chi connectivity index (χ3v) is 4.69. The number of anilines is 1. The van der Waals surface area contributed by atoms with Crippen molar-refractivity contribution in [2.45, 2.75) is 18.9 Å². The number of hydrogen-bond acceptors (Lipinski definition) is 3. The number of halogens is 2. The van der Waals surface area contributed by atoms with Gasteiger partial charge in [0, 0.05) is 18.0 Å². The molecule has 1 aromatic heterocycles. The number of nitrogens with zero attached hydrogens (tertiary/aromatic N) is 2. The number of rotatable bonds is 4. The molecule has 1 aliphatic rings. The summed E-state index contributed by atoms with van der Waals surface area (Å²) in [6.45, 7) is 0.237. The van der Waals surface area contributed by atoms with E-state index in [2.05, 4.69) is 15.3 Å². The van der Waals surface area contributed by atoms with E-state index in [1.54, 1.807) is 36.4 Å². The molecule has 27 heavy (non-hydrogen) atoms. The first kappa shape index (κ1) is 17.5. The van der Waals surface area contributed by atoms with Crippen LogP contribution in [-0.4, -0.2) is 34.4 Å². The summed E-state index contributed by atoms with van der Waals surface area (Å²) in [5.74, 6) is -0.420. The fourth-order valence-electron chi connectivity index (χ4n) is 3.26. The molecule has 1 atom stereocenters. The Kier molecular flexibility index (Phi) is 4.53. The quantitative estimate of drug-likeness (QED) is 0.723. The number of benzene rings is 2. The van der Waals surface area contributed by atoms with Crippen molar-refractivity contribution >= 4 is 40.1 Å². The molecule has 0 spiro atoms. The Morgan fingerprint density at radius 3 is 2.96 bits per heavy atom. The van der Waals surface area contributed by atoms with Crippen molar-refractivity contribution in [3.63, 3.8) is 0 Å². The number of carbonyl (C=O) groups is 2. The minimum absolute atomic E-state index is 0.0523. The number of fused-ring (bicyclic) bond motifs is 1. The second-order valence-corrected chi connectivity index (χ2v) is 6.88. The minimum Gasteiger partial charge on any atom is -0.351 e. The lowest BCUT2D eigenvalue weighted by molar-refractivity contribution is -0.121. The van der Waals surface area contributed by atoms with Crippen LogP contribution in [0.5, 0.6) is 0 Å². The van der Waals surface area contributed by atoms with Gasteiger partial charge in [-0.25, -0.2) is 9.37 Å². The highest BCUT2D eigenvalue weighted by Gasteiger charge is 2.32. The molecule has 138 valence electrons. The van der Waals surface area contributed by atoms with Crippen molar-refractivity contribution in [2.24, 2.45) is 0 Å². The number of aromatic amines is 1. The maximum absolute atomic E-state index is 13.9. The molecule has 0 saturated carbocycles. The van der Waals surface area contributed by atoms with Gasteiger partial charge in [0.15, 0.2) is 0 Å². The summed E-state index contributed by atoms with van der Waals surface area (Å²) in [6, 6.07) is 11.0. The topological polar surface area (TPSA) is 78.1 Å². The second kappa shape index (κ2) is 7.00. The molecular formula is C19H16ClFN4O2. The summed E-state index contributed by atoms with van der Waals surface area (Å²) in [6.07, 6.45) is 0.187. The van der Waals surface area contributed by atoms with Crippen LogP contribution in [0.2, 0.25) is 5.02 Å². The van der Waals surface area contributed by atoms with Crippen molar-refractivity contribution in [1.29, 1.82) is 0 Å². The summed E-state index contributed by atoms with van der Waals surface area (Å²) in [5.41, 5.74) is 1.71. The van der Waals surface area contributed by atoms with E-state index in [0.717, 1.165) is 11.0 Å². The zero-order valence-electron chi connectivity index (χ0n) is 14.2. The molecule has 6 nitrogen and oxygen atoms in total. The number of para-hydroxylation sites is 1. The highest BCUT2D eigenvalue weighted by Crippen LogP contribution is 2.24. The zero-order chi connectivity index (χ0) is 19.0. The van der Waals surface area contributed by atoms with E-state index in [1.165, 1.54) is 11.0 Å². The summed E-state index contributed by atoms with van der Waals surface area (Å²) < 4.78 is 13.9. The molecule has 1 unspecified atom stereocenters. The summed E-state index contributed by atoms with van der Waals surface area (Å²) in [4.78, 5) is 33.3. The highest BCUT2D eigenvalue weighted by molar-refractivity contribution is 6.31. The maximum atomic E-state index is 13.9. The first-order valence-corrected chi connectivity index (χ1v) is 8.86. The smallest absolute Gasteiger partial charge is 0.229 e. The first-order valence-electron chi connectivity index (χ1n) is 8.48. The second-order valence-electron chi connectivity index (χ2n) is 6.45. The molecule has 1 aliphatic heterocycles. The molecule has 0 radical (unpaired) electrons. The van der Waals surface area contributed by atoms with Gasteiger partial charge in [-0.15, -0.1) is 0 Å². The Labute approximate surface area is 159 Å². The SMILES string of the molecule is O=C(Cc1nc2ccc(Cl)cc2[nH]1)NC1CC(=O)N(c2ccccc2F)C1. The van der Waals surface area contributed by atoms with Gasteiger partial charge in [-0.1, -0.05) is 23.7 Å². The lowest BCUT2D eigenvalue weighted by Gasteiger charge is -2.17. The van der Waals surface area contributed by atoms with E-state index >= 15 is 0 Å². The third kappa shape index (κ3) is 3.64. The van der Waals surface area contributed by atoms with E-state index < -0.39 is 5.82 Å². The Morgan fingerprint density at radius 2 is 2.15 bits per heavy atom. The lowest BCUT2D eigenvalue weighted by Crippen LogP contribution is -2.38. The van der Waals surface area contributed by atoms with Crippen LogP contribution in [-0.2, 0) is 16.0 Å². The van der Waals surface area contributed by atoms with E-state index in [4.69, 9.17) is 11.6 Å². The number of aromatic nitrogens is 2. The van der Waals surface area contributed by atoms with Crippen LogP contribution >= 0.6 is 11.6 Å². The predicted molar refractivity (Wildman–Crippen MR) is 100 cm³/mol. The van der Waals surface area contributed by atoms with Gasteiger partial charge < -0.3 is 15.2 Å². The van der Waals surface area contributed by atoms with E-state index in [0.29, 0.717) is 10.8 Å². The van der Waals surface area contributed by atoms with Gasteiger partial charge >= 0.3 is 0 Å². The molecule has 0 bridgehead atoms. The largest absolute Gasteiger partial charge is 0.351 e. The molecule has 4 rings (SSSR count). The van der Waals surface area contributed by atoms with Crippen LogP contribution in [0.25, 0.3) is 11.0 Å². The summed E-state index contributed by atoms with van der Waals surface area (Å²) >= 11 is 5.95. The van der Waals surface area contributed by atoms with Crippen molar-refractivity contribution in [2.75, 3.05) is 11.4 Å². The van der Waals surface area contributed by atoms with Gasteiger partial charge in [0.1, 0.15) is 11.6 Å². The van der Waals surface area contributed by atoms with Gasteiger partial charge in [0.05, 0.1) is 29.2 Å². The van der Waals surface area contributed by atoms with Gasteiger partial charge in [-0.3, -0.25) is 9.59 Å². The average molecular weight is 387 g/mol. The summed E-state index contributed by atoms with van der Waals surface area (Å²) in [7, 11) is 0. The van der Waals surface area contributed by atoms with Crippen molar-refractivity contribution < 1.29 is 14.0 Å². The number of H-pyrrole nitrogens is 1. The number of imidazole rings is 1. The minimum atomic E-state index is -0.459. The molecular weight excluding hydrogens is 371 g/mol. The van der Waals surface area contributed by atoms with E-state index in [9.17, 15) is 14.0 Å². The molecule has 1 fully saturated rings. The molecule has 2 N–H and O–H groups in total. The number of hydrogen-bond donors (Lipinski definition) is 2. The van der Waals surface area contributed by atoms with E-state index in [-0.39, 0.29) is 42.9 Å². The van der Waals surface area contributed by atoms with Gasteiger partial charge in [-0.2, -0.15) is 0 Å². The van der Waals surface area contributed by atoms with Crippen molar-refractivity contribution in [3.05, 3.63) is 59.1 Å². The molecule has 2 heterocycles.